The molecule has 4 nitrogen and oxygen atoms in total. The number of hydrogen-bond acceptors (Lipinski definition) is 4. The first-order chi connectivity index (χ1) is 7.27. The fourth-order valence-electron chi connectivity index (χ4n) is 1.66. The molecule has 5 heteroatoms. The first kappa shape index (κ1) is 10.6. The SMILES string of the molecule is O=C(O)C1COCCN1Cc1cccs1. The highest BCUT2D eigenvalue weighted by atomic mass is 32.1. The zero-order valence-electron chi connectivity index (χ0n) is 8.26. The minimum absolute atomic E-state index is 0.292. The van der Waals surface area contributed by atoms with Gasteiger partial charge < -0.3 is 9.84 Å². The summed E-state index contributed by atoms with van der Waals surface area (Å²) < 4.78 is 5.17. The Morgan fingerprint density at radius 3 is 3.27 bits per heavy atom. The Kier molecular flexibility index (Phi) is 3.35. The molecule has 0 spiro atoms. The van der Waals surface area contributed by atoms with Gasteiger partial charge in [-0.3, -0.25) is 9.69 Å². The lowest BCUT2D eigenvalue weighted by Gasteiger charge is -2.32. The van der Waals surface area contributed by atoms with Crippen LogP contribution in [0.1, 0.15) is 4.88 Å². The van der Waals surface area contributed by atoms with Gasteiger partial charge in [-0.1, -0.05) is 6.07 Å². The van der Waals surface area contributed by atoms with Gasteiger partial charge in [-0.05, 0) is 11.4 Å². The summed E-state index contributed by atoms with van der Waals surface area (Å²) in [6.07, 6.45) is 0. The van der Waals surface area contributed by atoms with E-state index in [0.717, 1.165) is 0 Å². The molecule has 1 saturated heterocycles. The van der Waals surface area contributed by atoms with E-state index in [4.69, 9.17) is 9.84 Å². The molecule has 2 heterocycles. The van der Waals surface area contributed by atoms with Crippen LogP contribution in [0.4, 0.5) is 0 Å². The quantitative estimate of drug-likeness (QED) is 0.838. The van der Waals surface area contributed by atoms with Gasteiger partial charge >= 0.3 is 5.97 Å². The second-order valence-corrected chi connectivity index (χ2v) is 4.51. The summed E-state index contributed by atoms with van der Waals surface area (Å²) in [5, 5.41) is 11.0. The van der Waals surface area contributed by atoms with Crippen molar-refractivity contribution in [3.63, 3.8) is 0 Å². The first-order valence-electron chi connectivity index (χ1n) is 4.84. The highest BCUT2D eigenvalue weighted by Crippen LogP contribution is 2.16. The number of carboxylic acid groups (broad SMARTS) is 1. The molecular weight excluding hydrogens is 214 g/mol. The van der Waals surface area contributed by atoms with Crippen molar-refractivity contribution in [2.24, 2.45) is 0 Å². The molecule has 1 aliphatic heterocycles. The molecule has 1 fully saturated rings. The van der Waals surface area contributed by atoms with Crippen LogP contribution in [0.15, 0.2) is 17.5 Å². The first-order valence-corrected chi connectivity index (χ1v) is 5.72. The lowest BCUT2D eigenvalue weighted by Crippen LogP contribution is -2.49. The fourth-order valence-corrected chi connectivity index (χ4v) is 2.39. The normalized spacial score (nSPS) is 22.8. The molecule has 1 atom stereocenters. The van der Waals surface area contributed by atoms with Gasteiger partial charge in [0.25, 0.3) is 0 Å². The third-order valence-corrected chi connectivity index (χ3v) is 3.32. The van der Waals surface area contributed by atoms with Crippen LogP contribution in [0.2, 0.25) is 0 Å². The van der Waals surface area contributed by atoms with Crippen molar-refractivity contribution in [3.8, 4) is 0 Å². The van der Waals surface area contributed by atoms with Gasteiger partial charge in [0.2, 0.25) is 0 Å². The summed E-state index contributed by atoms with van der Waals surface area (Å²) in [6, 6.07) is 3.51. The molecule has 0 saturated carbocycles. The Morgan fingerprint density at radius 1 is 1.73 bits per heavy atom. The zero-order chi connectivity index (χ0) is 10.7. The topological polar surface area (TPSA) is 49.8 Å². The van der Waals surface area contributed by atoms with Crippen LogP contribution < -0.4 is 0 Å². The lowest BCUT2D eigenvalue weighted by atomic mass is 10.2. The summed E-state index contributed by atoms with van der Waals surface area (Å²) in [6.45, 7) is 2.31. The van der Waals surface area contributed by atoms with Crippen LogP contribution in [0, 0.1) is 0 Å². The molecule has 1 aliphatic rings. The summed E-state index contributed by atoms with van der Waals surface area (Å²) >= 11 is 1.65. The maximum absolute atomic E-state index is 11.0. The van der Waals surface area contributed by atoms with Crippen molar-refractivity contribution < 1.29 is 14.6 Å². The van der Waals surface area contributed by atoms with E-state index in [1.807, 2.05) is 22.4 Å². The van der Waals surface area contributed by atoms with Crippen LogP contribution in [0.3, 0.4) is 0 Å². The van der Waals surface area contributed by atoms with E-state index in [1.54, 1.807) is 11.3 Å². The smallest absolute Gasteiger partial charge is 0.323 e. The van der Waals surface area contributed by atoms with E-state index >= 15 is 0 Å². The molecule has 1 aromatic heterocycles. The van der Waals surface area contributed by atoms with Crippen molar-refractivity contribution in [1.29, 1.82) is 0 Å². The molecule has 0 bridgehead atoms. The highest BCUT2D eigenvalue weighted by Gasteiger charge is 2.29. The third-order valence-electron chi connectivity index (χ3n) is 2.46. The predicted octanol–water partition coefficient (Wildman–Crippen LogP) is 1.03. The van der Waals surface area contributed by atoms with Crippen molar-refractivity contribution in [2.45, 2.75) is 12.6 Å². The van der Waals surface area contributed by atoms with E-state index in [2.05, 4.69) is 0 Å². The summed E-state index contributed by atoms with van der Waals surface area (Å²) in [5.74, 6) is -0.800. The van der Waals surface area contributed by atoms with E-state index in [-0.39, 0.29) is 0 Å². The van der Waals surface area contributed by atoms with Crippen LogP contribution in [0.5, 0.6) is 0 Å². The number of carboxylic acids is 1. The minimum atomic E-state index is -0.800. The molecule has 1 aromatic rings. The van der Waals surface area contributed by atoms with Gasteiger partial charge in [0.15, 0.2) is 0 Å². The van der Waals surface area contributed by atoms with Gasteiger partial charge in [0.1, 0.15) is 6.04 Å². The maximum atomic E-state index is 11.0. The van der Waals surface area contributed by atoms with Crippen molar-refractivity contribution in [3.05, 3.63) is 22.4 Å². The van der Waals surface area contributed by atoms with E-state index < -0.39 is 12.0 Å². The Balaban J connectivity index is 2.02. The number of ether oxygens (including phenoxy) is 1. The van der Waals surface area contributed by atoms with Gasteiger partial charge in [-0.15, -0.1) is 11.3 Å². The third kappa shape index (κ3) is 2.56. The molecule has 0 amide bonds. The minimum Gasteiger partial charge on any atom is -0.480 e. The summed E-state index contributed by atoms with van der Waals surface area (Å²) in [7, 11) is 0. The molecule has 15 heavy (non-hydrogen) atoms. The molecule has 82 valence electrons. The monoisotopic (exact) mass is 227 g/mol. The average molecular weight is 227 g/mol. The number of morpholine rings is 1. The summed E-state index contributed by atoms with van der Waals surface area (Å²) in [5.41, 5.74) is 0. The molecular formula is C10H13NO3S. The van der Waals surface area contributed by atoms with Gasteiger partial charge in [-0.2, -0.15) is 0 Å². The molecule has 2 rings (SSSR count). The second kappa shape index (κ2) is 4.74. The number of hydrogen-bond donors (Lipinski definition) is 1. The highest BCUT2D eigenvalue weighted by molar-refractivity contribution is 7.09. The van der Waals surface area contributed by atoms with E-state index in [0.29, 0.717) is 26.3 Å². The molecule has 0 aromatic carbocycles. The van der Waals surface area contributed by atoms with Gasteiger partial charge in [0.05, 0.1) is 13.2 Å². The van der Waals surface area contributed by atoms with E-state index in [1.165, 1.54) is 4.88 Å². The molecule has 1 unspecified atom stereocenters. The fraction of sp³-hybridized carbons (Fsp3) is 0.500. The van der Waals surface area contributed by atoms with Crippen molar-refractivity contribution >= 4 is 17.3 Å². The summed E-state index contributed by atoms with van der Waals surface area (Å²) in [4.78, 5) is 14.1. The number of rotatable bonds is 3. The average Bonchev–Trinajstić information content (AvgIpc) is 2.71. The van der Waals surface area contributed by atoms with Gasteiger partial charge in [-0.25, -0.2) is 0 Å². The van der Waals surface area contributed by atoms with E-state index in [9.17, 15) is 4.79 Å². The Bertz CT molecular complexity index is 325. The van der Waals surface area contributed by atoms with Crippen LogP contribution in [-0.2, 0) is 16.1 Å². The lowest BCUT2D eigenvalue weighted by molar-refractivity contribution is -0.150. The van der Waals surface area contributed by atoms with Gasteiger partial charge in [0, 0.05) is 18.0 Å². The molecule has 0 aliphatic carbocycles. The molecule has 1 N–H and O–H groups in total. The zero-order valence-corrected chi connectivity index (χ0v) is 9.07. The van der Waals surface area contributed by atoms with Crippen LogP contribution >= 0.6 is 11.3 Å². The van der Waals surface area contributed by atoms with Crippen LogP contribution in [-0.4, -0.2) is 41.8 Å². The van der Waals surface area contributed by atoms with Crippen molar-refractivity contribution in [2.75, 3.05) is 19.8 Å². The number of nitrogens with zero attached hydrogens (tertiary/aromatic N) is 1. The Morgan fingerprint density at radius 2 is 2.60 bits per heavy atom. The standard InChI is InChI=1S/C10H13NO3S/c12-10(13)9-7-14-4-3-11(9)6-8-2-1-5-15-8/h1-2,5,9H,3-4,6-7H2,(H,12,13). The second-order valence-electron chi connectivity index (χ2n) is 3.48. The number of thiophene rings is 1. The predicted molar refractivity (Wildman–Crippen MR) is 57.0 cm³/mol. The van der Waals surface area contributed by atoms with Crippen LogP contribution in [0.25, 0.3) is 0 Å². The molecule has 0 radical (unpaired) electrons. The number of aliphatic carboxylic acids is 1. The Labute approximate surface area is 92.1 Å². The Hall–Kier alpha value is -0.910. The largest absolute Gasteiger partial charge is 0.480 e. The number of carbonyl (C=O) groups is 1. The van der Waals surface area contributed by atoms with Crippen molar-refractivity contribution in [1.82, 2.24) is 4.90 Å². The maximum Gasteiger partial charge on any atom is 0.323 e.